The normalized spacial score (nSPS) is 11.9. The topological polar surface area (TPSA) is 39.2 Å². The van der Waals surface area contributed by atoms with Crippen molar-refractivity contribution in [1.82, 2.24) is 4.98 Å². The molecule has 0 saturated carbocycles. The van der Waals surface area contributed by atoms with Gasteiger partial charge in [-0.25, -0.2) is 9.78 Å². The fourth-order valence-electron chi connectivity index (χ4n) is 1.82. The molecule has 0 spiro atoms. The van der Waals surface area contributed by atoms with E-state index < -0.39 is 5.97 Å². The zero-order chi connectivity index (χ0) is 14.5. The van der Waals surface area contributed by atoms with Gasteiger partial charge in [0.05, 0.1) is 10.6 Å². The highest BCUT2D eigenvalue weighted by Gasteiger charge is 2.18. The van der Waals surface area contributed by atoms with Crippen molar-refractivity contribution >= 4 is 29.2 Å². The lowest BCUT2D eigenvalue weighted by Gasteiger charge is -2.17. The molecule has 0 bridgehead atoms. The van der Waals surface area contributed by atoms with Crippen LogP contribution >= 0.6 is 23.2 Å². The molecule has 0 aliphatic carbocycles. The largest absolute Gasteiger partial charge is 0.454 e. The van der Waals surface area contributed by atoms with Crippen molar-refractivity contribution < 1.29 is 9.53 Å². The molecule has 0 saturated heterocycles. The Kier molecular flexibility index (Phi) is 4.99. The third-order valence-electron chi connectivity index (χ3n) is 2.84. The number of hydrogen-bond acceptors (Lipinski definition) is 3. The minimum atomic E-state index is -0.449. The van der Waals surface area contributed by atoms with E-state index in [-0.39, 0.29) is 6.10 Å². The van der Waals surface area contributed by atoms with Crippen LogP contribution in [-0.2, 0) is 4.74 Å². The molecule has 0 radical (unpaired) electrons. The van der Waals surface area contributed by atoms with Crippen molar-refractivity contribution in [3.63, 3.8) is 0 Å². The Morgan fingerprint density at radius 3 is 2.70 bits per heavy atom. The Bertz CT molecular complexity index is 616. The zero-order valence-electron chi connectivity index (χ0n) is 10.8. The maximum absolute atomic E-state index is 12.1. The Balaban J connectivity index is 2.19. The van der Waals surface area contributed by atoms with E-state index in [1.807, 2.05) is 6.92 Å². The number of benzene rings is 1. The van der Waals surface area contributed by atoms with Crippen molar-refractivity contribution in [2.45, 2.75) is 19.4 Å². The maximum atomic E-state index is 12.1. The second-order valence-corrected chi connectivity index (χ2v) is 4.99. The Labute approximate surface area is 127 Å². The summed E-state index contributed by atoms with van der Waals surface area (Å²) in [5, 5.41) is 0.745. The summed E-state index contributed by atoms with van der Waals surface area (Å²) in [6.07, 6.45) is 1.85. The minimum Gasteiger partial charge on any atom is -0.454 e. The van der Waals surface area contributed by atoms with E-state index in [9.17, 15) is 4.79 Å². The highest BCUT2D eigenvalue weighted by atomic mass is 35.5. The van der Waals surface area contributed by atoms with Crippen molar-refractivity contribution in [3.8, 4) is 0 Å². The van der Waals surface area contributed by atoms with Gasteiger partial charge in [0.1, 0.15) is 11.3 Å². The highest BCUT2D eigenvalue weighted by Crippen LogP contribution is 2.25. The number of rotatable bonds is 4. The van der Waals surface area contributed by atoms with Crippen LogP contribution in [0.15, 0.2) is 42.6 Å². The van der Waals surface area contributed by atoms with Gasteiger partial charge in [0, 0.05) is 6.20 Å². The quantitative estimate of drug-likeness (QED) is 0.607. The van der Waals surface area contributed by atoms with Crippen molar-refractivity contribution in [3.05, 3.63) is 63.9 Å². The number of aromatic nitrogens is 1. The summed E-state index contributed by atoms with van der Waals surface area (Å²) in [6, 6.07) is 10.3. The van der Waals surface area contributed by atoms with Crippen LogP contribution in [0.25, 0.3) is 0 Å². The molecule has 2 rings (SSSR count). The van der Waals surface area contributed by atoms with Crippen molar-refractivity contribution in [2.75, 3.05) is 0 Å². The van der Waals surface area contributed by atoms with Gasteiger partial charge in [-0.3, -0.25) is 0 Å². The molecule has 0 unspecified atom stereocenters. The Hall–Kier alpha value is -1.58. The molecule has 0 fully saturated rings. The number of nitrogens with zero attached hydrogens (tertiary/aromatic N) is 1. The fourth-order valence-corrected chi connectivity index (χ4v) is 2.22. The summed E-state index contributed by atoms with van der Waals surface area (Å²) in [4.78, 5) is 16.0. The van der Waals surface area contributed by atoms with Gasteiger partial charge in [0.15, 0.2) is 0 Å². The number of halogens is 2. The molecule has 2 aromatic rings. The molecule has 0 amide bonds. The lowest BCUT2D eigenvalue weighted by atomic mass is 10.1. The number of pyridine rings is 1. The molecule has 1 aromatic heterocycles. The lowest BCUT2D eigenvalue weighted by molar-refractivity contribution is 0.0288. The number of hydrogen-bond donors (Lipinski definition) is 0. The summed E-state index contributed by atoms with van der Waals surface area (Å²) in [6.45, 7) is 1.93. The smallest absolute Gasteiger partial charge is 0.340 e. The number of esters is 1. The maximum Gasteiger partial charge on any atom is 0.340 e. The van der Waals surface area contributed by atoms with Crippen LogP contribution in [0.2, 0.25) is 10.2 Å². The first-order valence-electron chi connectivity index (χ1n) is 6.18. The predicted molar refractivity (Wildman–Crippen MR) is 79.1 cm³/mol. The van der Waals surface area contributed by atoms with E-state index in [2.05, 4.69) is 4.98 Å². The summed E-state index contributed by atoms with van der Waals surface area (Å²) in [5.74, 6) is -0.449. The average molecular weight is 310 g/mol. The van der Waals surface area contributed by atoms with Gasteiger partial charge in [-0.15, -0.1) is 0 Å². The zero-order valence-corrected chi connectivity index (χ0v) is 12.4. The van der Waals surface area contributed by atoms with Gasteiger partial charge in [-0.05, 0) is 36.2 Å². The van der Waals surface area contributed by atoms with Gasteiger partial charge in [-0.2, -0.15) is 0 Å². The first-order chi connectivity index (χ1) is 9.61. The first kappa shape index (κ1) is 14.8. The van der Waals surface area contributed by atoms with Crippen LogP contribution in [0.5, 0.6) is 0 Å². The van der Waals surface area contributed by atoms with Crippen LogP contribution in [-0.4, -0.2) is 11.0 Å². The molecule has 0 aliphatic rings. The third-order valence-corrected chi connectivity index (χ3v) is 3.37. The molecule has 0 aliphatic heterocycles. The van der Waals surface area contributed by atoms with Crippen LogP contribution in [0, 0.1) is 0 Å². The molecule has 5 heteroatoms. The summed E-state index contributed by atoms with van der Waals surface area (Å²) >= 11 is 11.8. The minimum absolute atomic E-state index is 0.354. The molecule has 104 valence electrons. The van der Waals surface area contributed by atoms with E-state index in [1.54, 1.807) is 42.6 Å². The second kappa shape index (κ2) is 6.73. The van der Waals surface area contributed by atoms with E-state index in [1.165, 1.54) is 0 Å². The molecule has 1 aromatic carbocycles. The summed E-state index contributed by atoms with van der Waals surface area (Å²) in [7, 11) is 0. The highest BCUT2D eigenvalue weighted by molar-refractivity contribution is 6.33. The van der Waals surface area contributed by atoms with Gasteiger partial charge < -0.3 is 4.74 Å². The third kappa shape index (κ3) is 3.50. The van der Waals surface area contributed by atoms with E-state index in [4.69, 9.17) is 27.9 Å². The monoisotopic (exact) mass is 309 g/mol. The lowest BCUT2D eigenvalue weighted by Crippen LogP contribution is -2.11. The first-order valence-corrected chi connectivity index (χ1v) is 6.94. The second-order valence-electron chi connectivity index (χ2n) is 4.19. The SMILES string of the molecule is CC[C@@H](OC(=O)c1ccccc1Cl)c1ccnc(Cl)c1. The van der Waals surface area contributed by atoms with Crippen molar-refractivity contribution in [2.24, 2.45) is 0 Å². The molecular weight excluding hydrogens is 297 g/mol. The average Bonchev–Trinajstić information content (AvgIpc) is 2.45. The van der Waals surface area contributed by atoms with Crippen LogP contribution in [0.4, 0.5) is 0 Å². The summed E-state index contributed by atoms with van der Waals surface area (Å²) < 4.78 is 5.50. The number of ether oxygens (including phenoxy) is 1. The molecule has 3 nitrogen and oxygen atoms in total. The van der Waals surface area contributed by atoms with E-state index in [0.717, 1.165) is 5.56 Å². The Morgan fingerprint density at radius 2 is 2.05 bits per heavy atom. The predicted octanol–water partition coefficient (Wildman–Crippen LogP) is 4.70. The number of carbonyl (C=O) groups excluding carboxylic acids is 1. The standard InChI is InChI=1S/C15H13Cl2NO2/c1-2-13(10-7-8-18-14(17)9-10)20-15(19)11-5-3-4-6-12(11)16/h3-9,13H,2H2,1H3/t13-/m1/s1. The van der Waals surface area contributed by atoms with E-state index >= 15 is 0 Å². The van der Waals surface area contributed by atoms with Gasteiger partial charge in [0.2, 0.25) is 0 Å². The van der Waals surface area contributed by atoms with Gasteiger partial charge >= 0.3 is 5.97 Å². The van der Waals surface area contributed by atoms with Crippen LogP contribution in [0.3, 0.4) is 0 Å². The molecular formula is C15H13Cl2NO2. The van der Waals surface area contributed by atoms with Gasteiger partial charge in [-0.1, -0.05) is 42.3 Å². The molecule has 1 heterocycles. The van der Waals surface area contributed by atoms with Crippen molar-refractivity contribution in [1.29, 1.82) is 0 Å². The summed E-state index contributed by atoms with van der Waals surface area (Å²) in [5.41, 5.74) is 1.17. The van der Waals surface area contributed by atoms with Crippen LogP contribution < -0.4 is 0 Å². The Morgan fingerprint density at radius 1 is 1.30 bits per heavy atom. The molecule has 20 heavy (non-hydrogen) atoms. The van der Waals surface area contributed by atoms with Crippen LogP contribution in [0.1, 0.15) is 35.4 Å². The molecule has 1 atom stereocenters. The fraction of sp³-hybridized carbons (Fsp3) is 0.200. The number of carbonyl (C=O) groups is 1. The van der Waals surface area contributed by atoms with Gasteiger partial charge in [0.25, 0.3) is 0 Å². The van der Waals surface area contributed by atoms with E-state index in [0.29, 0.717) is 22.2 Å². The molecule has 0 N–H and O–H groups in total.